The summed E-state index contributed by atoms with van der Waals surface area (Å²) in [5.74, 6) is 1.28. The molecule has 2 rings (SSSR count). The van der Waals surface area contributed by atoms with E-state index in [9.17, 15) is 4.79 Å². The average molecular weight is 304 g/mol. The molecule has 1 aromatic carbocycles. The zero-order chi connectivity index (χ0) is 15.9. The van der Waals surface area contributed by atoms with Crippen molar-refractivity contribution in [2.24, 2.45) is 11.7 Å². The summed E-state index contributed by atoms with van der Waals surface area (Å²) >= 11 is 0. The Balaban J connectivity index is 1.70. The SMILES string of the molecule is Cc1ccccc1OCCCN(C)C(=O)C1CCCC(N)C1. The van der Waals surface area contributed by atoms with Crippen LogP contribution in [0.3, 0.4) is 0 Å². The lowest BCUT2D eigenvalue weighted by Gasteiger charge is -2.29. The Kier molecular flexibility index (Phi) is 6.25. The van der Waals surface area contributed by atoms with Crippen LogP contribution in [-0.2, 0) is 4.79 Å². The van der Waals surface area contributed by atoms with Crippen LogP contribution in [0.15, 0.2) is 24.3 Å². The van der Waals surface area contributed by atoms with Gasteiger partial charge in [0.15, 0.2) is 0 Å². The molecule has 0 radical (unpaired) electrons. The van der Waals surface area contributed by atoms with Crippen molar-refractivity contribution in [1.29, 1.82) is 0 Å². The number of benzene rings is 1. The van der Waals surface area contributed by atoms with Crippen LogP contribution >= 0.6 is 0 Å². The van der Waals surface area contributed by atoms with Crippen LogP contribution in [0.5, 0.6) is 5.75 Å². The van der Waals surface area contributed by atoms with Crippen molar-refractivity contribution >= 4 is 5.91 Å². The number of aryl methyl sites for hydroxylation is 1. The van der Waals surface area contributed by atoms with Gasteiger partial charge in [0.05, 0.1) is 6.61 Å². The van der Waals surface area contributed by atoms with Crippen molar-refractivity contribution < 1.29 is 9.53 Å². The third kappa shape index (κ3) is 4.73. The van der Waals surface area contributed by atoms with Crippen LogP contribution in [0.2, 0.25) is 0 Å². The number of nitrogens with two attached hydrogens (primary N) is 1. The minimum Gasteiger partial charge on any atom is -0.493 e. The first-order chi connectivity index (χ1) is 10.6. The molecular weight excluding hydrogens is 276 g/mol. The van der Waals surface area contributed by atoms with Crippen LogP contribution in [-0.4, -0.2) is 37.0 Å². The van der Waals surface area contributed by atoms with Crippen molar-refractivity contribution in [3.05, 3.63) is 29.8 Å². The molecule has 2 N–H and O–H groups in total. The van der Waals surface area contributed by atoms with Gasteiger partial charge in [-0.05, 0) is 44.2 Å². The molecular formula is C18H28N2O2. The van der Waals surface area contributed by atoms with Crippen molar-refractivity contribution in [3.63, 3.8) is 0 Å². The molecule has 1 aromatic rings. The predicted molar refractivity (Wildman–Crippen MR) is 88.9 cm³/mol. The summed E-state index contributed by atoms with van der Waals surface area (Å²) in [4.78, 5) is 14.2. The van der Waals surface area contributed by atoms with Gasteiger partial charge in [-0.15, -0.1) is 0 Å². The van der Waals surface area contributed by atoms with E-state index in [1.165, 1.54) is 0 Å². The van der Waals surface area contributed by atoms with Gasteiger partial charge in [0.1, 0.15) is 5.75 Å². The monoisotopic (exact) mass is 304 g/mol. The largest absolute Gasteiger partial charge is 0.493 e. The van der Waals surface area contributed by atoms with Gasteiger partial charge in [-0.25, -0.2) is 0 Å². The number of ether oxygens (including phenoxy) is 1. The molecule has 122 valence electrons. The van der Waals surface area contributed by atoms with Crippen molar-refractivity contribution in [2.75, 3.05) is 20.2 Å². The van der Waals surface area contributed by atoms with E-state index in [1.807, 2.05) is 43.1 Å². The van der Waals surface area contributed by atoms with Gasteiger partial charge in [-0.1, -0.05) is 24.6 Å². The Morgan fingerprint density at radius 3 is 2.86 bits per heavy atom. The standard InChI is InChI=1S/C18H28N2O2/c1-14-7-3-4-10-17(14)22-12-6-11-20(2)18(21)15-8-5-9-16(19)13-15/h3-4,7,10,15-16H,5-6,8-9,11-13,19H2,1-2H3. The summed E-state index contributed by atoms with van der Waals surface area (Å²) < 4.78 is 5.77. The molecule has 2 unspecified atom stereocenters. The summed E-state index contributed by atoms with van der Waals surface area (Å²) in [6.45, 7) is 3.40. The zero-order valence-corrected chi connectivity index (χ0v) is 13.8. The molecule has 1 amide bonds. The maximum Gasteiger partial charge on any atom is 0.225 e. The number of para-hydroxylation sites is 1. The molecule has 1 aliphatic rings. The van der Waals surface area contributed by atoms with Crippen LogP contribution in [0.1, 0.15) is 37.7 Å². The number of amides is 1. The fourth-order valence-corrected chi connectivity index (χ4v) is 3.08. The zero-order valence-electron chi connectivity index (χ0n) is 13.8. The van der Waals surface area contributed by atoms with E-state index in [0.29, 0.717) is 6.61 Å². The van der Waals surface area contributed by atoms with E-state index < -0.39 is 0 Å². The number of hydrogen-bond acceptors (Lipinski definition) is 3. The number of nitrogens with zero attached hydrogens (tertiary/aromatic N) is 1. The van der Waals surface area contributed by atoms with E-state index in [1.54, 1.807) is 0 Å². The third-order valence-corrected chi connectivity index (χ3v) is 4.43. The highest BCUT2D eigenvalue weighted by Crippen LogP contribution is 2.24. The summed E-state index contributed by atoms with van der Waals surface area (Å²) in [6.07, 6.45) is 4.79. The summed E-state index contributed by atoms with van der Waals surface area (Å²) in [5, 5.41) is 0. The van der Waals surface area contributed by atoms with E-state index in [4.69, 9.17) is 10.5 Å². The van der Waals surface area contributed by atoms with E-state index in [2.05, 4.69) is 0 Å². The Hall–Kier alpha value is -1.55. The second-order valence-corrected chi connectivity index (χ2v) is 6.35. The molecule has 22 heavy (non-hydrogen) atoms. The lowest BCUT2D eigenvalue weighted by atomic mass is 9.85. The van der Waals surface area contributed by atoms with Gasteiger partial charge in [0, 0.05) is 25.6 Å². The smallest absolute Gasteiger partial charge is 0.225 e. The van der Waals surface area contributed by atoms with E-state index in [-0.39, 0.29) is 17.9 Å². The highest BCUT2D eigenvalue weighted by Gasteiger charge is 2.27. The van der Waals surface area contributed by atoms with Gasteiger partial charge in [0.25, 0.3) is 0 Å². The molecule has 0 aromatic heterocycles. The van der Waals surface area contributed by atoms with Crippen LogP contribution < -0.4 is 10.5 Å². The van der Waals surface area contributed by atoms with Gasteiger partial charge >= 0.3 is 0 Å². The first kappa shape index (κ1) is 16.8. The topological polar surface area (TPSA) is 55.6 Å². The summed E-state index contributed by atoms with van der Waals surface area (Å²) in [6, 6.07) is 8.19. The predicted octanol–water partition coefficient (Wildman–Crippen LogP) is 2.74. The number of carbonyl (C=O) groups is 1. The third-order valence-electron chi connectivity index (χ3n) is 4.43. The Labute approximate surface area is 133 Å². The Morgan fingerprint density at radius 1 is 1.36 bits per heavy atom. The normalized spacial score (nSPS) is 21.4. The van der Waals surface area contributed by atoms with E-state index in [0.717, 1.165) is 50.0 Å². The molecule has 4 heteroatoms. The number of hydrogen-bond donors (Lipinski definition) is 1. The van der Waals surface area contributed by atoms with Gasteiger partial charge in [-0.3, -0.25) is 4.79 Å². The van der Waals surface area contributed by atoms with Crippen molar-refractivity contribution in [3.8, 4) is 5.75 Å². The van der Waals surface area contributed by atoms with Gasteiger partial charge in [-0.2, -0.15) is 0 Å². The highest BCUT2D eigenvalue weighted by atomic mass is 16.5. The lowest BCUT2D eigenvalue weighted by Crippen LogP contribution is -2.39. The maximum absolute atomic E-state index is 12.4. The lowest BCUT2D eigenvalue weighted by molar-refractivity contribution is -0.135. The van der Waals surface area contributed by atoms with Crippen LogP contribution in [0.4, 0.5) is 0 Å². The Morgan fingerprint density at radius 2 is 2.14 bits per heavy atom. The second-order valence-electron chi connectivity index (χ2n) is 6.35. The number of rotatable bonds is 6. The maximum atomic E-state index is 12.4. The molecule has 1 saturated carbocycles. The summed E-state index contributed by atoms with van der Waals surface area (Å²) in [7, 11) is 1.89. The van der Waals surface area contributed by atoms with Gasteiger partial charge < -0.3 is 15.4 Å². The number of carbonyl (C=O) groups excluding carboxylic acids is 1. The fourth-order valence-electron chi connectivity index (χ4n) is 3.08. The van der Waals surface area contributed by atoms with Crippen LogP contribution in [0, 0.1) is 12.8 Å². The molecule has 0 spiro atoms. The fraction of sp³-hybridized carbons (Fsp3) is 0.611. The van der Waals surface area contributed by atoms with Crippen molar-refractivity contribution in [2.45, 2.75) is 45.1 Å². The quantitative estimate of drug-likeness (QED) is 0.822. The molecule has 1 aliphatic carbocycles. The molecule has 0 bridgehead atoms. The average Bonchev–Trinajstić information content (AvgIpc) is 2.52. The Bertz CT molecular complexity index is 490. The molecule has 0 heterocycles. The summed E-state index contributed by atoms with van der Waals surface area (Å²) in [5.41, 5.74) is 7.11. The highest BCUT2D eigenvalue weighted by molar-refractivity contribution is 5.78. The minimum atomic E-state index is 0.117. The first-order valence-corrected chi connectivity index (χ1v) is 8.27. The van der Waals surface area contributed by atoms with E-state index >= 15 is 0 Å². The van der Waals surface area contributed by atoms with Crippen molar-refractivity contribution in [1.82, 2.24) is 4.90 Å². The molecule has 0 aliphatic heterocycles. The molecule has 2 atom stereocenters. The van der Waals surface area contributed by atoms with Crippen LogP contribution in [0.25, 0.3) is 0 Å². The second kappa shape index (κ2) is 8.18. The first-order valence-electron chi connectivity index (χ1n) is 8.27. The molecule has 1 fully saturated rings. The van der Waals surface area contributed by atoms with Gasteiger partial charge in [0.2, 0.25) is 5.91 Å². The molecule has 4 nitrogen and oxygen atoms in total. The minimum absolute atomic E-state index is 0.117. The molecule has 0 saturated heterocycles.